The van der Waals surface area contributed by atoms with E-state index in [9.17, 15) is 0 Å². The van der Waals surface area contributed by atoms with Gasteiger partial charge in [0, 0.05) is 25.1 Å². The predicted molar refractivity (Wildman–Crippen MR) is 83.0 cm³/mol. The molecule has 21 heavy (non-hydrogen) atoms. The molecule has 1 unspecified atom stereocenters. The van der Waals surface area contributed by atoms with Gasteiger partial charge in [-0.2, -0.15) is 0 Å². The van der Waals surface area contributed by atoms with Crippen molar-refractivity contribution in [3.63, 3.8) is 0 Å². The van der Waals surface area contributed by atoms with Gasteiger partial charge in [0.15, 0.2) is 5.60 Å². The Balaban J connectivity index is 1.80. The number of hydrogen-bond acceptors (Lipinski definition) is 2. The van der Waals surface area contributed by atoms with E-state index in [1.54, 1.807) is 0 Å². The molecule has 0 aromatic heterocycles. The summed E-state index contributed by atoms with van der Waals surface area (Å²) >= 11 is 0. The van der Waals surface area contributed by atoms with Crippen molar-refractivity contribution in [2.24, 2.45) is 0 Å². The summed E-state index contributed by atoms with van der Waals surface area (Å²) in [5, 5.41) is 0. The quantitative estimate of drug-likeness (QED) is 0.742. The van der Waals surface area contributed by atoms with Crippen LogP contribution in [0.3, 0.4) is 0 Å². The molecular formula is C19H17NO. The maximum atomic E-state index is 6.43. The van der Waals surface area contributed by atoms with E-state index in [0.717, 1.165) is 25.3 Å². The molecule has 2 aliphatic rings. The second kappa shape index (κ2) is 4.65. The van der Waals surface area contributed by atoms with Gasteiger partial charge in [-0.1, -0.05) is 48.4 Å². The van der Waals surface area contributed by atoms with Crippen molar-refractivity contribution in [1.29, 1.82) is 0 Å². The lowest BCUT2D eigenvalue weighted by molar-refractivity contribution is 0.0311. The fourth-order valence-corrected chi connectivity index (χ4v) is 3.63. The Morgan fingerprint density at radius 1 is 1.10 bits per heavy atom. The van der Waals surface area contributed by atoms with Crippen LogP contribution in [0.5, 0.6) is 5.75 Å². The van der Waals surface area contributed by atoms with Gasteiger partial charge in [-0.25, -0.2) is 0 Å². The molecule has 1 atom stereocenters. The van der Waals surface area contributed by atoms with Crippen LogP contribution in [0.15, 0.2) is 48.5 Å². The van der Waals surface area contributed by atoms with Crippen LogP contribution in [0.1, 0.15) is 16.7 Å². The molecule has 4 rings (SSSR count). The third kappa shape index (κ3) is 1.93. The molecule has 2 nitrogen and oxygen atoms in total. The predicted octanol–water partition coefficient (Wildman–Crippen LogP) is 2.97. The highest BCUT2D eigenvalue weighted by Crippen LogP contribution is 2.45. The number of benzene rings is 2. The molecule has 1 spiro atoms. The average Bonchev–Trinajstić information content (AvgIpc) is 2.86. The molecule has 2 aliphatic heterocycles. The molecule has 2 aromatic rings. The fraction of sp³-hybridized carbons (Fsp3) is 0.263. The molecule has 0 saturated carbocycles. The third-order valence-corrected chi connectivity index (χ3v) is 4.45. The van der Waals surface area contributed by atoms with Crippen molar-refractivity contribution in [2.75, 3.05) is 13.1 Å². The van der Waals surface area contributed by atoms with Crippen molar-refractivity contribution in [1.82, 2.24) is 4.90 Å². The summed E-state index contributed by atoms with van der Waals surface area (Å²) in [6.45, 7) is 2.42. The molecule has 0 radical (unpaired) electrons. The largest absolute Gasteiger partial charge is 0.481 e. The standard InChI is InChI=1S/C19H17NO/c1-2-11-20-13-16-8-3-5-9-17(16)19(14-20)12-15-7-4-6-10-18(15)21-19/h1,3-10H,11-14H2. The SMILES string of the molecule is C#CCN1Cc2ccccc2C2(Cc3ccccc3O2)C1. The Labute approximate surface area is 125 Å². The van der Waals surface area contributed by atoms with E-state index in [0.29, 0.717) is 6.54 Å². The van der Waals surface area contributed by atoms with Crippen molar-refractivity contribution in [3.8, 4) is 18.1 Å². The lowest BCUT2D eigenvalue weighted by Crippen LogP contribution is -2.48. The third-order valence-electron chi connectivity index (χ3n) is 4.45. The van der Waals surface area contributed by atoms with Crippen LogP contribution in [0.25, 0.3) is 0 Å². The first kappa shape index (κ1) is 12.5. The number of para-hydroxylation sites is 1. The summed E-state index contributed by atoms with van der Waals surface area (Å²) in [5.41, 5.74) is 3.64. The Morgan fingerprint density at radius 2 is 1.86 bits per heavy atom. The van der Waals surface area contributed by atoms with Crippen molar-refractivity contribution >= 4 is 0 Å². The average molecular weight is 275 g/mol. The molecule has 0 aliphatic carbocycles. The van der Waals surface area contributed by atoms with Crippen LogP contribution < -0.4 is 4.74 Å². The van der Waals surface area contributed by atoms with Gasteiger partial charge < -0.3 is 4.74 Å². The minimum atomic E-state index is -0.282. The van der Waals surface area contributed by atoms with E-state index in [4.69, 9.17) is 11.2 Å². The minimum Gasteiger partial charge on any atom is -0.481 e. The van der Waals surface area contributed by atoms with E-state index >= 15 is 0 Å². The van der Waals surface area contributed by atoms with Crippen LogP contribution >= 0.6 is 0 Å². The van der Waals surface area contributed by atoms with Crippen LogP contribution in [-0.2, 0) is 18.6 Å². The lowest BCUT2D eigenvalue weighted by Gasteiger charge is -2.40. The molecule has 0 saturated heterocycles. The van der Waals surface area contributed by atoms with Crippen LogP contribution in [0.2, 0.25) is 0 Å². The zero-order chi connectivity index (χ0) is 14.3. The first-order valence-electron chi connectivity index (χ1n) is 7.32. The number of rotatable bonds is 1. The van der Waals surface area contributed by atoms with Gasteiger partial charge in [0.05, 0.1) is 6.54 Å². The molecule has 0 amide bonds. The summed E-state index contributed by atoms with van der Waals surface area (Å²) in [6, 6.07) is 16.9. The van der Waals surface area contributed by atoms with Crippen molar-refractivity contribution in [3.05, 3.63) is 65.2 Å². The highest BCUT2D eigenvalue weighted by Gasteiger charge is 2.45. The molecule has 0 bridgehead atoms. The topological polar surface area (TPSA) is 12.5 Å². The van der Waals surface area contributed by atoms with E-state index in [1.165, 1.54) is 16.7 Å². The van der Waals surface area contributed by atoms with Gasteiger partial charge in [0.2, 0.25) is 0 Å². The van der Waals surface area contributed by atoms with Gasteiger partial charge in [-0.3, -0.25) is 4.90 Å². The summed E-state index contributed by atoms with van der Waals surface area (Å²) in [5.74, 6) is 3.78. The zero-order valence-electron chi connectivity index (χ0n) is 11.9. The molecule has 0 N–H and O–H groups in total. The maximum absolute atomic E-state index is 6.43. The molecule has 2 heterocycles. The summed E-state index contributed by atoms with van der Waals surface area (Å²) < 4.78 is 6.43. The number of fused-ring (bicyclic) bond motifs is 3. The maximum Gasteiger partial charge on any atom is 0.151 e. The van der Waals surface area contributed by atoms with Crippen molar-refractivity contribution in [2.45, 2.75) is 18.6 Å². The van der Waals surface area contributed by atoms with Gasteiger partial charge in [-0.05, 0) is 17.2 Å². The monoisotopic (exact) mass is 275 g/mol. The zero-order valence-corrected chi connectivity index (χ0v) is 11.9. The Hall–Kier alpha value is -2.24. The van der Waals surface area contributed by atoms with Gasteiger partial charge in [-0.15, -0.1) is 6.42 Å². The molecule has 2 heteroatoms. The number of ether oxygens (including phenoxy) is 1. The summed E-state index contributed by atoms with van der Waals surface area (Å²) in [6.07, 6.45) is 6.44. The summed E-state index contributed by atoms with van der Waals surface area (Å²) in [7, 11) is 0. The Morgan fingerprint density at radius 3 is 2.67 bits per heavy atom. The Bertz CT molecular complexity index is 703. The molecule has 0 fully saturated rings. The smallest absolute Gasteiger partial charge is 0.151 e. The number of hydrogen-bond donors (Lipinski definition) is 0. The normalized spacial score (nSPS) is 23.2. The molecule has 2 aromatic carbocycles. The summed E-state index contributed by atoms with van der Waals surface area (Å²) in [4.78, 5) is 2.30. The highest BCUT2D eigenvalue weighted by atomic mass is 16.5. The number of nitrogens with zero attached hydrogens (tertiary/aromatic N) is 1. The first-order chi connectivity index (χ1) is 10.3. The molecular weight excluding hydrogens is 258 g/mol. The van der Waals surface area contributed by atoms with Crippen LogP contribution in [0.4, 0.5) is 0 Å². The van der Waals surface area contributed by atoms with Gasteiger partial charge in [0.25, 0.3) is 0 Å². The molecule has 104 valence electrons. The van der Waals surface area contributed by atoms with E-state index in [2.05, 4.69) is 53.3 Å². The second-order valence-corrected chi connectivity index (χ2v) is 5.89. The fourth-order valence-electron chi connectivity index (χ4n) is 3.63. The van der Waals surface area contributed by atoms with E-state index in [1.807, 2.05) is 6.07 Å². The Kier molecular flexibility index (Phi) is 2.77. The van der Waals surface area contributed by atoms with Gasteiger partial charge in [0.1, 0.15) is 5.75 Å². The van der Waals surface area contributed by atoms with Crippen LogP contribution in [-0.4, -0.2) is 18.0 Å². The second-order valence-electron chi connectivity index (χ2n) is 5.89. The van der Waals surface area contributed by atoms with E-state index in [-0.39, 0.29) is 5.60 Å². The van der Waals surface area contributed by atoms with Gasteiger partial charge >= 0.3 is 0 Å². The van der Waals surface area contributed by atoms with Crippen LogP contribution in [0, 0.1) is 12.3 Å². The minimum absolute atomic E-state index is 0.282. The van der Waals surface area contributed by atoms with E-state index < -0.39 is 0 Å². The highest BCUT2D eigenvalue weighted by molar-refractivity contribution is 5.46. The number of terminal acetylenes is 1. The van der Waals surface area contributed by atoms with Crippen molar-refractivity contribution < 1.29 is 4.74 Å². The first-order valence-corrected chi connectivity index (χ1v) is 7.32. The lowest BCUT2D eigenvalue weighted by atomic mass is 9.82.